The molecular weight excluding hydrogens is 380 g/mol. The van der Waals surface area contributed by atoms with Gasteiger partial charge in [0.2, 0.25) is 5.91 Å². The van der Waals surface area contributed by atoms with Crippen molar-refractivity contribution in [2.75, 3.05) is 23.3 Å². The van der Waals surface area contributed by atoms with Crippen molar-refractivity contribution >= 4 is 28.8 Å². The lowest BCUT2D eigenvalue weighted by molar-refractivity contribution is -0.125. The van der Waals surface area contributed by atoms with Crippen molar-refractivity contribution in [3.8, 4) is 0 Å². The molecule has 1 aliphatic heterocycles. The first kappa shape index (κ1) is 20.3. The molecule has 2 aliphatic rings. The summed E-state index contributed by atoms with van der Waals surface area (Å²) in [5.74, 6) is -0.738. The van der Waals surface area contributed by atoms with E-state index in [1.54, 1.807) is 11.5 Å². The number of carbonyl (C=O) groups excluding carboxylic acids is 3. The molecule has 158 valence electrons. The Hall–Kier alpha value is -2.96. The van der Waals surface area contributed by atoms with Gasteiger partial charge in [-0.3, -0.25) is 14.4 Å². The van der Waals surface area contributed by atoms with E-state index in [4.69, 9.17) is 0 Å². The van der Waals surface area contributed by atoms with Gasteiger partial charge in [0.25, 0.3) is 0 Å². The van der Waals surface area contributed by atoms with Crippen LogP contribution in [0.1, 0.15) is 49.3 Å². The van der Waals surface area contributed by atoms with E-state index >= 15 is 0 Å². The summed E-state index contributed by atoms with van der Waals surface area (Å²) in [5.41, 5.74) is 2.96. The molecule has 1 aliphatic carbocycles. The Bertz CT molecular complexity index is 957. The minimum absolute atomic E-state index is 0.0126. The first-order chi connectivity index (χ1) is 14.4. The Labute approximate surface area is 176 Å². The minimum atomic E-state index is -0.313. The van der Waals surface area contributed by atoms with Gasteiger partial charge in [-0.15, -0.1) is 0 Å². The van der Waals surface area contributed by atoms with Crippen molar-refractivity contribution in [2.24, 2.45) is 11.8 Å². The number of amides is 1. The van der Waals surface area contributed by atoms with Gasteiger partial charge in [-0.05, 0) is 37.1 Å². The zero-order valence-corrected chi connectivity index (χ0v) is 17.6. The molecule has 7 nitrogen and oxygen atoms in total. The fraction of sp³-hybridized carbons (Fsp3) is 0.478. The lowest BCUT2D eigenvalue weighted by atomic mass is 9.85. The van der Waals surface area contributed by atoms with Crippen LogP contribution in [0.4, 0.5) is 11.4 Å². The third-order valence-electron chi connectivity index (χ3n) is 6.08. The molecule has 7 heteroatoms. The molecule has 1 aromatic carbocycles. The molecule has 1 amide bonds. The Balaban J connectivity index is 1.45. The number of nitrogens with one attached hydrogen (secondary N) is 1. The Kier molecular flexibility index (Phi) is 5.70. The Morgan fingerprint density at radius 3 is 2.43 bits per heavy atom. The maximum Gasteiger partial charge on any atom is 0.244 e. The van der Waals surface area contributed by atoms with Gasteiger partial charge in [-0.2, -0.15) is 0 Å². The quantitative estimate of drug-likeness (QED) is 0.840. The number of hydrogen-bond donors (Lipinski definition) is 1. The van der Waals surface area contributed by atoms with Crippen molar-refractivity contribution in [1.82, 2.24) is 9.55 Å². The second kappa shape index (κ2) is 8.42. The third kappa shape index (κ3) is 4.15. The molecule has 4 rings (SSSR count). The van der Waals surface area contributed by atoms with E-state index in [2.05, 4.69) is 15.2 Å². The second-order valence-electron chi connectivity index (χ2n) is 8.49. The van der Waals surface area contributed by atoms with Crippen LogP contribution < -0.4 is 10.2 Å². The molecule has 0 bridgehead atoms. The normalized spacial score (nSPS) is 21.9. The summed E-state index contributed by atoms with van der Waals surface area (Å²) in [4.78, 5) is 44.3. The highest BCUT2D eigenvalue weighted by Crippen LogP contribution is 2.25. The third-order valence-corrected chi connectivity index (χ3v) is 6.08. The van der Waals surface area contributed by atoms with Crippen molar-refractivity contribution in [2.45, 2.75) is 46.1 Å². The van der Waals surface area contributed by atoms with E-state index in [1.165, 1.54) is 24.9 Å². The first-order valence-corrected chi connectivity index (χ1v) is 10.7. The summed E-state index contributed by atoms with van der Waals surface area (Å²) in [7, 11) is 0. The number of fused-ring (bicyclic) bond motifs is 1. The molecule has 2 aromatic rings. The summed E-state index contributed by atoms with van der Waals surface area (Å²) >= 11 is 0. The van der Waals surface area contributed by atoms with Crippen LogP contribution in [0, 0.1) is 11.8 Å². The number of benzene rings is 1. The number of hydrogen-bond acceptors (Lipinski definition) is 5. The van der Waals surface area contributed by atoms with Gasteiger partial charge in [-0.1, -0.05) is 13.8 Å². The summed E-state index contributed by atoms with van der Waals surface area (Å²) in [6.45, 7) is 5.83. The van der Waals surface area contributed by atoms with Gasteiger partial charge >= 0.3 is 0 Å². The minimum Gasteiger partial charge on any atom is -0.372 e. The van der Waals surface area contributed by atoms with Crippen LogP contribution in [0.3, 0.4) is 0 Å². The van der Waals surface area contributed by atoms with Gasteiger partial charge in [0.1, 0.15) is 18.0 Å². The lowest BCUT2D eigenvalue weighted by Crippen LogP contribution is -2.29. The maximum absolute atomic E-state index is 12.8. The number of nitrogens with zero attached hydrogens (tertiary/aromatic N) is 3. The SMILES string of the molecule is CC1CC(=O)c2c(ncn2CC(=O)Nc2ccc(N3CCCC3)cc2)CC(C)C1=O. The van der Waals surface area contributed by atoms with Gasteiger partial charge in [-0.25, -0.2) is 4.98 Å². The van der Waals surface area contributed by atoms with E-state index in [1.807, 2.05) is 31.2 Å². The van der Waals surface area contributed by atoms with E-state index in [0.29, 0.717) is 17.8 Å². The average molecular weight is 409 g/mol. The number of aromatic nitrogens is 2. The fourth-order valence-corrected chi connectivity index (χ4v) is 4.45. The number of ketones is 2. The smallest absolute Gasteiger partial charge is 0.244 e. The van der Waals surface area contributed by atoms with E-state index in [-0.39, 0.29) is 42.3 Å². The number of carbonyl (C=O) groups is 3. The standard InChI is InChI=1S/C23H28N4O3/c1-15-11-19-22(20(28)12-16(2)23(15)30)27(14-24-19)13-21(29)25-17-5-7-18(8-6-17)26-9-3-4-10-26/h5-8,14-16H,3-4,9-13H2,1-2H3,(H,25,29). The van der Waals surface area contributed by atoms with Gasteiger partial charge in [0.05, 0.1) is 12.0 Å². The molecule has 0 saturated carbocycles. The molecule has 2 atom stereocenters. The molecule has 2 unspecified atom stereocenters. The zero-order valence-electron chi connectivity index (χ0n) is 17.6. The highest BCUT2D eigenvalue weighted by molar-refractivity contribution is 6.00. The summed E-state index contributed by atoms with van der Waals surface area (Å²) in [5, 5.41) is 2.90. The Morgan fingerprint density at radius 1 is 1.07 bits per heavy atom. The van der Waals surface area contributed by atoms with Crippen LogP contribution >= 0.6 is 0 Å². The fourth-order valence-electron chi connectivity index (χ4n) is 4.45. The number of rotatable bonds is 4. The van der Waals surface area contributed by atoms with Crippen LogP contribution in [0.15, 0.2) is 30.6 Å². The highest BCUT2D eigenvalue weighted by Gasteiger charge is 2.31. The summed E-state index contributed by atoms with van der Waals surface area (Å²) in [6.07, 6.45) is 4.56. The number of imidazole rings is 1. The van der Waals surface area contributed by atoms with Crippen LogP contribution in [0.2, 0.25) is 0 Å². The van der Waals surface area contributed by atoms with Crippen LogP contribution in [-0.2, 0) is 22.6 Å². The van der Waals surface area contributed by atoms with Gasteiger partial charge in [0, 0.05) is 49.1 Å². The topological polar surface area (TPSA) is 84.3 Å². The highest BCUT2D eigenvalue weighted by atomic mass is 16.2. The predicted molar refractivity (Wildman–Crippen MR) is 115 cm³/mol. The molecule has 2 heterocycles. The molecule has 1 saturated heterocycles. The predicted octanol–water partition coefficient (Wildman–Crippen LogP) is 3.09. The Morgan fingerprint density at radius 2 is 1.73 bits per heavy atom. The monoisotopic (exact) mass is 408 g/mol. The van der Waals surface area contributed by atoms with E-state index in [0.717, 1.165) is 18.8 Å². The number of anilines is 2. The van der Waals surface area contributed by atoms with Crippen molar-refractivity contribution in [3.05, 3.63) is 42.0 Å². The zero-order chi connectivity index (χ0) is 21.3. The van der Waals surface area contributed by atoms with E-state index < -0.39 is 0 Å². The molecule has 1 aromatic heterocycles. The van der Waals surface area contributed by atoms with Crippen molar-refractivity contribution in [1.29, 1.82) is 0 Å². The number of Topliss-reactive ketones (excluding diaryl/α,β-unsaturated/α-hetero) is 2. The van der Waals surface area contributed by atoms with Crippen molar-refractivity contribution < 1.29 is 14.4 Å². The average Bonchev–Trinajstić information content (AvgIpc) is 3.37. The van der Waals surface area contributed by atoms with Crippen LogP contribution in [0.25, 0.3) is 0 Å². The second-order valence-corrected chi connectivity index (χ2v) is 8.49. The first-order valence-electron chi connectivity index (χ1n) is 10.7. The van der Waals surface area contributed by atoms with Gasteiger partial charge < -0.3 is 14.8 Å². The molecule has 1 N–H and O–H groups in total. The molecule has 0 radical (unpaired) electrons. The van der Waals surface area contributed by atoms with Crippen molar-refractivity contribution in [3.63, 3.8) is 0 Å². The molecular formula is C23H28N4O3. The maximum atomic E-state index is 12.8. The van der Waals surface area contributed by atoms with Crippen LogP contribution in [0.5, 0.6) is 0 Å². The van der Waals surface area contributed by atoms with Crippen LogP contribution in [-0.4, -0.2) is 40.1 Å². The van der Waals surface area contributed by atoms with Gasteiger partial charge in [0.15, 0.2) is 5.78 Å². The van der Waals surface area contributed by atoms with E-state index in [9.17, 15) is 14.4 Å². The molecule has 1 fully saturated rings. The largest absolute Gasteiger partial charge is 0.372 e. The molecule has 0 spiro atoms. The summed E-state index contributed by atoms with van der Waals surface area (Å²) in [6, 6.07) is 7.86. The summed E-state index contributed by atoms with van der Waals surface area (Å²) < 4.78 is 1.61. The molecule has 30 heavy (non-hydrogen) atoms. The lowest BCUT2D eigenvalue weighted by Gasteiger charge is -2.20.